The first-order valence-electron chi connectivity index (χ1n) is 10.6. The molecule has 0 unspecified atom stereocenters. The van der Waals surface area contributed by atoms with Crippen LogP contribution in [-0.4, -0.2) is 20.7 Å². The van der Waals surface area contributed by atoms with Crippen molar-refractivity contribution in [3.05, 3.63) is 105 Å². The lowest BCUT2D eigenvalue weighted by Gasteiger charge is -2.17. The Morgan fingerprint density at radius 2 is 1.84 bits per heavy atom. The molecule has 6 heteroatoms. The number of rotatable bonds is 4. The highest BCUT2D eigenvalue weighted by Crippen LogP contribution is 2.34. The number of hydrogen-bond acceptors (Lipinski definition) is 3. The Hall–Kier alpha value is -3.44. The molecule has 0 saturated carbocycles. The molecule has 0 saturated heterocycles. The van der Waals surface area contributed by atoms with Crippen LogP contribution in [0.25, 0.3) is 5.69 Å². The van der Waals surface area contributed by atoms with E-state index in [1.807, 2.05) is 29.9 Å². The number of nitrogens with zero attached hydrogens (tertiary/aromatic N) is 4. The van der Waals surface area contributed by atoms with Gasteiger partial charge in [0.15, 0.2) is 0 Å². The van der Waals surface area contributed by atoms with E-state index in [9.17, 15) is 4.79 Å². The first-order valence-corrected chi connectivity index (χ1v) is 10.9. The molecule has 32 heavy (non-hydrogen) atoms. The third-order valence-electron chi connectivity index (χ3n) is 6.31. The predicted octanol–water partition coefficient (Wildman–Crippen LogP) is 5.60. The van der Waals surface area contributed by atoms with E-state index in [0.717, 1.165) is 28.8 Å². The van der Waals surface area contributed by atoms with Gasteiger partial charge in [-0.1, -0.05) is 23.7 Å². The fraction of sp³-hybridized carbons (Fsp3) is 0.192. The number of anilines is 1. The minimum Gasteiger partial charge on any atom is -0.288 e. The molecule has 4 aromatic rings. The lowest BCUT2D eigenvalue weighted by atomic mass is 9.91. The second-order valence-corrected chi connectivity index (χ2v) is 8.73. The number of benzene rings is 2. The molecule has 3 heterocycles. The SMILES string of the molecule is Cc1cc(Cl)cnc1N1Cc2c(cc(Cc3ccc(-n4cccn4)cc3)c(C)c2C)C1=O. The van der Waals surface area contributed by atoms with Crippen molar-refractivity contribution in [2.24, 2.45) is 0 Å². The summed E-state index contributed by atoms with van der Waals surface area (Å²) >= 11 is 6.06. The van der Waals surface area contributed by atoms with Crippen LogP contribution >= 0.6 is 11.6 Å². The second kappa shape index (κ2) is 7.92. The van der Waals surface area contributed by atoms with E-state index in [1.165, 1.54) is 22.3 Å². The Balaban J connectivity index is 1.45. The first kappa shape index (κ1) is 20.5. The van der Waals surface area contributed by atoms with E-state index < -0.39 is 0 Å². The Kier molecular flexibility index (Phi) is 5.06. The van der Waals surface area contributed by atoms with Gasteiger partial charge in [-0.3, -0.25) is 9.69 Å². The quantitative estimate of drug-likeness (QED) is 0.413. The third-order valence-corrected chi connectivity index (χ3v) is 6.51. The number of halogens is 1. The summed E-state index contributed by atoms with van der Waals surface area (Å²) in [5.41, 5.74) is 8.55. The van der Waals surface area contributed by atoms with Gasteiger partial charge in [-0.15, -0.1) is 0 Å². The van der Waals surface area contributed by atoms with Gasteiger partial charge in [0.05, 0.1) is 17.3 Å². The predicted molar refractivity (Wildman–Crippen MR) is 127 cm³/mol. The second-order valence-electron chi connectivity index (χ2n) is 8.29. The number of carbonyl (C=O) groups is 1. The standard InChI is InChI=1S/C26H23ClN4O/c1-16-11-21(27)14-28-25(16)30-15-24-18(3)17(2)20(13-23(24)26(30)32)12-19-5-7-22(8-6-19)31-10-4-9-29-31/h4-11,13-14H,12,15H2,1-3H3. The largest absolute Gasteiger partial charge is 0.288 e. The molecule has 1 aliphatic rings. The van der Waals surface area contributed by atoms with Crippen molar-refractivity contribution in [3.63, 3.8) is 0 Å². The van der Waals surface area contributed by atoms with Gasteiger partial charge in [0, 0.05) is 24.2 Å². The summed E-state index contributed by atoms with van der Waals surface area (Å²) in [5, 5.41) is 4.85. The Morgan fingerprint density at radius 3 is 2.53 bits per heavy atom. The highest BCUT2D eigenvalue weighted by molar-refractivity contribution is 6.30. The normalized spacial score (nSPS) is 13.0. The number of aromatic nitrogens is 3. The molecule has 2 aromatic carbocycles. The number of pyridine rings is 1. The molecule has 0 N–H and O–H groups in total. The van der Waals surface area contributed by atoms with E-state index >= 15 is 0 Å². The van der Waals surface area contributed by atoms with Gasteiger partial charge in [0.1, 0.15) is 5.82 Å². The van der Waals surface area contributed by atoms with Gasteiger partial charge in [0.25, 0.3) is 5.91 Å². The number of aryl methyl sites for hydroxylation is 1. The Labute approximate surface area is 192 Å². The van der Waals surface area contributed by atoms with E-state index in [-0.39, 0.29) is 5.91 Å². The van der Waals surface area contributed by atoms with Crippen molar-refractivity contribution in [2.75, 3.05) is 4.90 Å². The van der Waals surface area contributed by atoms with Gasteiger partial charge in [-0.05, 0) is 90.9 Å². The van der Waals surface area contributed by atoms with Gasteiger partial charge >= 0.3 is 0 Å². The van der Waals surface area contributed by atoms with Crippen molar-refractivity contribution in [1.82, 2.24) is 14.8 Å². The van der Waals surface area contributed by atoms with Gasteiger partial charge in [-0.25, -0.2) is 9.67 Å². The minimum atomic E-state index is -0.00342. The zero-order chi connectivity index (χ0) is 22.4. The highest BCUT2D eigenvalue weighted by Gasteiger charge is 2.32. The average Bonchev–Trinajstić information content (AvgIpc) is 3.42. The minimum absolute atomic E-state index is 0.00342. The van der Waals surface area contributed by atoms with Crippen molar-refractivity contribution in [1.29, 1.82) is 0 Å². The molecular weight excluding hydrogens is 420 g/mol. The van der Waals surface area contributed by atoms with Crippen LogP contribution in [0, 0.1) is 20.8 Å². The highest BCUT2D eigenvalue weighted by atomic mass is 35.5. The van der Waals surface area contributed by atoms with Crippen molar-refractivity contribution in [2.45, 2.75) is 33.7 Å². The molecule has 1 aliphatic heterocycles. The van der Waals surface area contributed by atoms with Crippen LogP contribution in [0.5, 0.6) is 0 Å². The van der Waals surface area contributed by atoms with E-state index in [4.69, 9.17) is 11.6 Å². The molecule has 0 spiro atoms. The molecular formula is C26H23ClN4O. The van der Waals surface area contributed by atoms with Crippen LogP contribution in [-0.2, 0) is 13.0 Å². The monoisotopic (exact) mass is 442 g/mol. The maximum atomic E-state index is 13.3. The molecule has 160 valence electrons. The lowest BCUT2D eigenvalue weighted by molar-refractivity contribution is 0.0995. The summed E-state index contributed by atoms with van der Waals surface area (Å²) in [6, 6.07) is 14.2. The lowest BCUT2D eigenvalue weighted by Crippen LogP contribution is -2.25. The molecule has 5 nitrogen and oxygen atoms in total. The van der Waals surface area contributed by atoms with E-state index in [2.05, 4.69) is 54.3 Å². The van der Waals surface area contributed by atoms with Crippen molar-refractivity contribution < 1.29 is 4.79 Å². The molecule has 0 aliphatic carbocycles. The molecule has 0 fully saturated rings. The summed E-state index contributed by atoms with van der Waals surface area (Å²) < 4.78 is 1.84. The molecule has 1 amide bonds. The third kappa shape index (κ3) is 3.49. The fourth-order valence-corrected chi connectivity index (χ4v) is 4.60. The zero-order valence-corrected chi connectivity index (χ0v) is 19.0. The zero-order valence-electron chi connectivity index (χ0n) is 18.3. The van der Waals surface area contributed by atoms with Gasteiger partial charge in [-0.2, -0.15) is 5.10 Å². The van der Waals surface area contributed by atoms with Crippen LogP contribution in [0.4, 0.5) is 5.82 Å². The topological polar surface area (TPSA) is 51.0 Å². The molecule has 0 radical (unpaired) electrons. The summed E-state index contributed by atoms with van der Waals surface area (Å²) in [7, 11) is 0. The smallest absolute Gasteiger partial charge is 0.260 e. The summed E-state index contributed by atoms with van der Waals surface area (Å²) in [6.07, 6.45) is 6.06. The van der Waals surface area contributed by atoms with Crippen LogP contribution in [0.2, 0.25) is 5.02 Å². The molecule has 0 bridgehead atoms. The van der Waals surface area contributed by atoms with E-state index in [0.29, 0.717) is 17.4 Å². The van der Waals surface area contributed by atoms with Gasteiger partial charge < -0.3 is 0 Å². The maximum Gasteiger partial charge on any atom is 0.260 e. The molecule has 0 atom stereocenters. The van der Waals surface area contributed by atoms with Crippen LogP contribution in [0.1, 0.15) is 43.7 Å². The van der Waals surface area contributed by atoms with Crippen molar-refractivity contribution in [3.8, 4) is 5.69 Å². The van der Waals surface area contributed by atoms with Crippen LogP contribution in [0.15, 0.2) is 61.1 Å². The van der Waals surface area contributed by atoms with Crippen LogP contribution in [0.3, 0.4) is 0 Å². The maximum absolute atomic E-state index is 13.3. The first-order chi connectivity index (χ1) is 15.4. The molecule has 5 rings (SSSR count). The fourth-order valence-electron chi connectivity index (χ4n) is 4.39. The van der Waals surface area contributed by atoms with Crippen molar-refractivity contribution >= 4 is 23.3 Å². The Morgan fingerprint density at radius 1 is 1.06 bits per heavy atom. The number of carbonyl (C=O) groups excluding carboxylic acids is 1. The number of hydrogen-bond donors (Lipinski definition) is 0. The number of amides is 1. The summed E-state index contributed by atoms with van der Waals surface area (Å²) in [6.45, 7) is 6.72. The van der Waals surface area contributed by atoms with Gasteiger partial charge in [0.2, 0.25) is 0 Å². The Bertz CT molecular complexity index is 1330. The molecule has 2 aromatic heterocycles. The summed E-state index contributed by atoms with van der Waals surface area (Å²) in [4.78, 5) is 19.5. The van der Waals surface area contributed by atoms with E-state index in [1.54, 1.807) is 17.3 Å². The van der Waals surface area contributed by atoms with Crippen LogP contribution < -0.4 is 4.90 Å². The number of fused-ring (bicyclic) bond motifs is 1. The summed E-state index contributed by atoms with van der Waals surface area (Å²) in [5.74, 6) is 0.666. The average molecular weight is 443 g/mol.